The van der Waals surface area contributed by atoms with Crippen LogP contribution in [0.15, 0.2) is 12.1 Å². The number of aliphatic hydroxyl groups is 3. The van der Waals surface area contributed by atoms with Gasteiger partial charge in [0, 0.05) is 0 Å². The Labute approximate surface area is 134 Å². The Morgan fingerprint density at radius 2 is 1.25 bits per heavy atom. The summed E-state index contributed by atoms with van der Waals surface area (Å²) in [7, 11) is 0. The van der Waals surface area contributed by atoms with Gasteiger partial charge in [0.15, 0.2) is 0 Å². The maximum atomic E-state index is 10.5. The first kappa shape index (κ1) is 21.3. The number of benzene rings is 1. The third-order valence-corrected chi connectivity index (χ3v) is 2.89. The Bertz CT molecular complexity index is 587. The summed E-state index contributed by atoms with van der Waals surface area (Å²) < 4.78 is 0. The Morgan fingerprint density at radius 3 is 1.42 bits per heavy atom. The van der Waals surface area contributed by atoms with Crippen molar-refractivity contribution in [2.24, 2.45) is 5.73 Å². The Hall–Kier alpha value is -2.74. The second kappa shape index (κ2) is 8.78. The smallest absolute Gasteiger partial charge is 0.286 e. The van der Waals surface area contributed by atoms with E-state index in [0.717, 1.165) is 0 Å². The van der Waals surface area contributed by atoms with Gasteiger partial charge in [-0.1, -0.05) is 0 Å². The van der Waals surface area contributed by atoms with E-state index in [1.807, 2.05) is 0 Å². The van der Waals surface area contributed by atoms with Gasteiger partial charge in [-0.15, -0.1) is 0 Å². The van der Waals surface area contributed by atoms with Crippen LogP contribution in [-0.4, -0.2) is 55.4 Å². The number of rotatable bonds is 6. The van der Waals surface area contributed by atoms with Gasteiger partial charge in [0.1, 0.15) is 5.56 Å². The quantitative estimate of drug-likeness (QED) is 0.377. The van der Waals surface area contributed by atoms with E-state index in [0.29, 0.717) is 12.1 Å². The van der Waals surface area contributed by atoms with Crippen molar-refractivity contribution in [3.05, 3.63) is 48.0 Å². The highest BCUT2D eigenvalue weighted by Gasteiger charge is 2.27. The number of aliphatic hydroxyl groups excluding tert-OH is 3. The molecule has 0 bridgehead atoms. The van der Waals surface area contributed by atoms with Crippen LogP contribution >= 0.6 is 0 Å². The molecule has 5 N–H and O–H groups in total. The van der Waals surface area contributed by atoms with Crippen LogP contribution in [0.4, 0.5) is 17.1 Å². The highest BCUT2D eigenvalue weighted by molar-refractivity contribution is 5.59. The molecule has 0 saturated carbocycles. The third kappa shape index (κ3) is 5.47. The molecule has 0 aliphatic rings. The van der Waals surface area contributed by atoms with Crippen molar-refractivity contribution < 1.29 is 30.1 Å². The van der Waals surface area contributed by atoms with Gasteiger partial charge >= 0.3 is 0 Å². The summed E-state index contributed by atoms with van der Waals surface area (Å²) in [6, 6.07) is 1.39. The minimum absolute atomic E-state index is 0.208. The van der Waals surface area contributed by atoms with Gasteiger partial charge in [-0.25, -0.2) is 0 Å². The van der Waals surface area contributed by atoms with Gasteiger partial charge in [0.05, 0.1) is 52.3 Å². The maximum Gasteiger partial charge on any atom is 0.286 e. The molecule has 0 heterocycles. The van der Waals surface area contributed by atoms with Crippen LogP contribution in [0, 0.1) is 37.3 Å². The Kier molecular flexibility index (Phi) is 7.78. The predicted molar refractivity (Wildman–Crippen MR) is 79.3 cm³/mol. The lowest BCUT2D eigenvalue weighted by Gasteiger charge is -2.20. The summed E-state index contributed by atoms with van der Waals surface area (Å²) in [5, 5.41) is 56.5. The number of nitro benzene ring substituents is 3. The number of non-ortho nitro benzene ring substituents is 1. The largest absolute Gasteiger partial charge is 0.394 e. The van der Waals surface area contributed by atoms with Crippen molar-refractivity contribution in [2.45, 2.75) is 12.5 Å². The van der Waals surface area contributed by atoms with Gasteiger partial charge in [-0.3, -0.25) is 30.3 Å². The van der Waals surface area contributed by atoms with Gasteiger partial charge in [-0.2, -0.15) is 0 Å². The fourth-order valence-corrected chi connectivity index (χ4v) is 1.30. The van der Waals surface area contributed by atoms with Crippen LogP contribution in [0.5, 0.6) is 0 Å². The molecule has 0 amide bonds. The summed E-state index contributed by atoms with van der Waals surface area (Å²) in [4.78, 5) is 28.8. The average molecular weight is 348 g/mol. The molecule has 0 radical (unpaired) electrons. The number of nitrogens with two attached hydrogens (primary N) is 1. The van der Waals surface area contributed by atoms with Crippen molar-refractivity contribution in [3.8, 4) is 0 Å². The molecular weight excluding hydrogens is 332 g/mol. The van der Waals surface area contributed by atoms with E-state index >= 15 is 0 Å². The second-order valence-electron chi connectivity index (χ2n) is 4.72. The molecule has 0 unspecified atom stereocenters. The van der Waals surface area contributed by atoms with Crippen LogP contribution in [0.3, 0.4) is 0 Å². The van der Waals surface area contributed by atoms with Crippen molar-refractivity contribution >= 4 is 17.1 Å². The summed E-state index contributed by atoms with van der Waals surface area (Å²) in [5.41, 5.74) is 1.78. The molecule has 0 aromatic heterocycles. The SMILES string of the molecule is Cc1c([N+](=O)[O-])cc([N+](=O)[O-])cc1[N+](=O)[O-].NC(CO)(CO)CO. The van der Waals surface area contributed by atoms with E-state index in [1.165, 1.54) is 6.92 Å². The van der Waals surface area contributed by atoms with Gasteiger partial charge in [0.25, 0.3) is 17.1 Å². The molecule has 0 aliphatic carbocycles. The molecule has 0 aliphatic heterocycles. The summed E-state index contributed by atoms with van der Waals surface area (Å²) in [5.74, 6) is 0. The predicted octanol–water partition coefficient (Wildman–Crippen LogP) is -0.620. The lowest BCUT2D eigenvalue weighted by molar-refractivity contribution is -0.403. The van der Waals surface area contributed by atoms with Gasteiger partial charge in [0.2, 0.25) is 0 Å². The van der Waals surface area contributed by atoms with E-state index in [2.05, 4.69) is 0 Å². The van der Waals surface area contributed by atoms with E-state index < -0.39 is 57.2 Å². The topological polar surface area (TPSA) is 216 Å². The normalized spacial score (nSPS) is 10.5. The van der Waals surface area contributed by atoms with Crippen LogP contribution in [0.2, 0.25) is 0 Å². The molecule has 13 heteroatoms. The molecule has 0 spiro atoms. The van der Waals surface area contributed by atoms with Gasteiger partial charge < -0.3 is 21.1 Å². The minimum Gasteiger partial charge on any atom is -0.394 e. The summed E-state index contributed by atoms with van der Waals surface area (Å²) >= 11 is 0. The zero-order valence-electron chi connectivity index (χ0n) is 12.5. The number of hydrogen-bond donors (Lipinski definition) is 4. The minimum atomic E-state index is -1.21. The number of hydrogen-bond acceptors (Lipinski definition) is 10. The first-order valence-corrected chi connectivity index (χ1v) is 6.22. The second-order valence-corrected chi connectivity index (χ2v) is 4.72. The molecular formula is C11H16N4O9. The van der Waals surface area contributed by atoms with Crippen LogP contribution in [-0.2, 0) is 0 Å². The summed E-state index contributed by atoms with van der Waals surface area (Å²) in [6.07, 6.45) is 0. The first-order chi connectivity index (χ1) is 11.0. The van der Waals surface area contributed by atoms with Crippen molar-refractivity contribution in [2.75, 3.05) is 19.8 Å². The highest BCUT2D eigenvalue weighted by atomic mass is 16.6. The highest BCUT2D eigenvalue weighted by Crippen LogP contribution is 2.32. The molecule has 13 nitrogen and oxygen atoms in total. The van der Waals surface area contributed by atoms with Crippen molar-refractivity contribution in [1.29, 1.82) is 0 Å². The molecule has 0 saturated heterocycles. The average Bonchev–Trinajstić information content (AvgIpc) is 2.54. The molecule has 1 aromatic rings. The molecule has 24 heavy (non-hydrogen) atoms. The van der Waals surface area contributed by atoms with E-state index in [1.54, 1.807) is 0 Å². The lowest BCUT2D eigenvalue weighted by Crippen LogP contribution is -2.50. The molecule has 1 rings (SSSR count). The van der Waals surface area contributed by atoms with Crippen LogP contribution < -0.4 is 5.73 Å². The van der Waals surface area contributed by atoms with E-state index in [4.69, 9.17) is 21.1 Å². The fraction of sp³-hybridized carbons (Fsp3) is 0.455. The number of nitro groups is 3. The standard InChI is InChI=1S/C7H5N3O6.C4H11NO3/c1-4-6(9(13)14)2-5(8(11)12)3-7(4)10(15)16;5-4(1-6,2-7)3-8/h2-3H,1H3;6-8H,1-3,5H2. The van der Waals surface area contributed by atoms with E-state index in [-0.39, 0.29) is 5.56 Å². The molecule has 0 fully saturated rings. The lowest BCUT2D eigenvalue weighted by atomic mass is 10.1. The zero-order chi connectivity index (χ0) is 19.1. The summed E-state index contributed by atoms with van der Waals surface area (Å²) in [6.45, 7) is -0.0417. The van der Waals surface area contributed by atoms with Crippen molar-refractivity contribution in [1.82, 2.24) is 0 Å². The van der Waals surface area contributed by atoms with Crippen LogP contribution in [0.1, 0.15) is 5.56 Å². The zero-order valence-corrected chi connectivity index (χ0v) is 12.5. The Morgan fingerprint density at radius 1 is 0.917 bits per heavy atom. The third-order valence-electron chi connectivity index (χ3n) is 2.89. The Balaban J connectivity index is 0.000000561. The van der Waals surface area contributed by atoms with Gasteiger partial charge in [-0.05, 0) is 6.92 Å². The molecule has 134 valence electrons. The molecule has 0 atom stereocenters. The van der Waals surface area contributed by atoms with Crippen LogP contribution in [0.25, 0.3) is 0 Å². The fourth-order valence-electron chi connectivity index (χ4n) is 1.30. The molecule has 1 aromatic carbocycles. The number of nitrogens with zero attached hydrogens (tertiary/aromatic N) is 3. The van der Waals surface area contributed by atoms with E-state index in [9.17, 15) is 30.3 Å². The monoisotopic (exact) mass is 348 g/mol. The van der Waals surface area contributed by atoms with Crippen molar-refractivity contribution in [3.63, 3.8) is 0 Å². The first-order valence-electron chi connectivity index (χ1n) is 6.22. The maximum absolute atomic E-state index is 10.5.